The van der Waals surface area contributed by atoms with Crippen molar-refractivity contribution < 1.29 is 9.53 Å². The Balaban J connectivity index is 2.34. The highest BCUT2D eigenvalue weighted by Crippen LogP contribution is 2.17. The summed E-state index contributed by atoms with van der Waals surface area (Å²) < 4.78 is 6.40. The summed E-state index contributed by atoms with van der Waals surface area (Å²) in [6.45, 7) is 2.47. The predicted molar refractivity (Wildman–Crippen MR) is 73.7 cm³/mol. The largest absolute Gasteiger partial charge is 0.464 e. The first kappa shape index (κ1) is 14.5. The number of carbonyl (C=O) groups excluding carboxylic acids is 1. The van der Waals surface area contributed by atoms with Gasteiger partial charge in [0.05, 0.1) is 24.4 Å². The fraction of sp³-hybridized carbons (Fsp3) is 0.385. The van der Waals surface area contributed by atoms with Crippen LogP contribution < -0.4 is 0 Å². The van der Waals surface area contributed by atoms with Crippen molar-refractivity contribution in [2.75, 3.05) is 7.11 Å². The number of hydrogen-bond acceptors (Lipinski definition) is 5. The van der Waals surface area contributed by atoms with Gasteiger partial charge in [-0.1, -0.05) is 30.2 Å². The average Bonchev–Trinajstić information content (AvgIpc) is 2.84. The third-order valence-electron chi connectivity index (χ3n) is 2.88. The molecule has 2 rings (SSSR count). The van der Waals surface area contributed by atoms with E-state index in [-0.39, 0.29) is 5.69 Å². The smallest absolute Gasteiger partial charge is 0.360 e. The lowest BCUT2D eigenvalue weighted by atomic mass is 10.2. The number of pyridine rings is 1. The van der Waals surface area contributed by atoms with E-state index in [0.717, 1.165) is 17.7 Å². The lowest BCUT2D eigenvalue weighted by Gasteiger charge is -2.07. The maximum absolute atomic E-state index is 11.7. The van der Waals surface area contributed by atoms with E-state index >= 15 is 0 Å². The third-order valence-corrected chi connectivity index (χ3v) is 3.22. The summed E-state index contributed by atoms with van der Waals surface area (Å²) >= 11 is 6.08. The highest BCUT2D eigenvalue weighted by Gasteiger charge is 2.20. The maximum Gasteiger partial charge on any atom is 0.360 e. The molecule has 2 heterocycles. The number of rotatable bonds is 5. The van der Waals surface area contributed by atoms with Crippen LogP contribution in [0, 0.1) is 0 Å². The van der Waals surface area contributed by atoms with Gasteiger partial charge in [-0.05, 0) is 18.1 Å². The highest BCUT2D eigenvalue weighted by atomic mass is 35.5. The van der Waals surface area contributed by atoms with Crippen molar-refractivity contribution >= 4 is 17.6 Å². The molecule has 6 nitrogen and oxygen atoms in total. The van der Waals surface area contributed by atoms with Gasteiger partial charge in [-0.2, -0.15) is 0 Å². The molecule has 0 aromatic carbocycles. The van der Waals surface area contributed by atoms with Crippen LogP contribution in [0.25, 0.3) is 0 Å². The number of carbonyl (C=O) groups is 1. The number of methoxy groups -OCH3 is 1. The molecule has 106 valence electrons. The number of nitrogens with zero attached hydrogens (tertiary/aromatic N) is 4. The van der Waals surface area contributed by atoms with Crippen LogP contribution in [0.2, 0.25) is 5.02 Å². The molecule has 2 aromatic rings. The lowest BCUT2D eigenvalue weighted by molar-refractivity contribution is 0.0592. The molecular weight excluding hydrogens is 280 g/mol. The molecule has 0 amide bonds. The Hall–Kier alpha value is -1.95. The molecule has 0 aliphatic heterocycles. The van der Waals surface area contributed by atoms with Gasteiger partial charge in [0.15, 0.2) is 5.69 Å². The summed E-state index contributed by atoms with van der Waals surface area (Å²) in [6.07, 6.45) is 4.81. The van der Waals surface area contributed by atoms with Crippen molar-refractivity contribution in [3.63, 3.8) is 0 Å². The minimum atomic E-state index is -0.472. The van der Waals surface area contributed by atoms with Crippen molar-refractivity contribution in [1.82, 2.24) is 20.0 Å². The minimum absolute atomic E-state index is 0.263. The van der Waals surface area contributed by atoms with Crippen LogP contribution in [0.5, 0.6) is 0 Å². The summed E-state index contributed by atoms with van der Waals surface area (Å²) in [5.41, 5.74) is 1.90. The summed E-state index contributed by atoms with van der Waals surface area (Å²) in [7, 11) is 1.33. The molecule has 2 aromatic heterocycles. The fourth-order valence-corrected chi connectivity index (χ4v) is 2.07. The van der Waals surface area contributed by atoms with Gasteiger partial charge in [-0.25, -0.2) is 9.48 Å². The topological polar surface area (TPSA) is 69.9 Å². The average molecular weight is 295 g/mol. The van der Waals surface area contributed by atoms with Crippen molar-refractivity contribution in [3.05, 3.63) is 40.4 Å². The summed E-state index contributed by atoms with van der Waals surface area (Å²) in [5, 5.41) is 8.50. The Morgan fingerprint density at radius 2 is 2.30 bits per heavy atom. The van der Waals surface area contributed by atoms with Crippen LogP contribution in [0.4, 0.5) is 0 Å². The first-order valence-electron chi connectivity index (χ1n) is 6.26. The van der Waals surface area contributed by atoms with E-state index in [1.54, 1.807) is 17.1 Å². The first-order chi connectivity index (χ1) is 9.67. The van der Waals surface area contributed by atoms with Gasteiger partial charge in [-0.15, -0.1) is 5.10 Å². The number of aromatic nitrogens is 4. The Morgan fingerprint density at radius 3 is 2.95 bits per heavy atom. The lowest BCUT2D eigenvalue weighted by Crippen LogP contribution is -2.10. The summed E-state index contributed by atoms with van der Waals surface area (Å²) in [4.78, 5) is 15.6. The molecule has 20 heavy (non-hydrogen) atoms. The molecular formula is C13H15ClN4O2. The zero-order valence-electron chi connectivity index (χ0n) is 11.3. The molecule has 0 fully saturated rings. The molecule has 7 heteroatoms. The molecule has 0 N–H and O–H groups in total. The molecule has 0 aliphatic rings. The molecule has 0 unspecified atom stereocenters. The molecule has 0 bridgehead atoms. The minimum Gasteiger partial charge on any atom is -0.464 e. The molecule has 0 saturated carbocycles. The Kier molecular flexibility index (Phi) is 4.68. The van der Waals surface area contributed by atoms with Gasteiger partial charge >= 0.3 is 5.97 Å². The molecule has 0 saturated heterocycles. The van der Waals surface area contributed by atoms with Crippen LogP contribution in [0.15, 0.2) is 18.5 Å². The summed E-state index contributed by atoms with van der Waals surface area (Å²) in [5.74, 6) is -0.472. The van der Waals surface area contributed by atoms with Gasteiger partial charge in [-0.3, -0.25) is 4.98 Å². The maximum atomic E-state index is 11.7. The zero-order chi connectivity index (χ0) is 14.5. The number of hydrogen-bond donors (Lipinski definition) is 0. The van der Waals surface area contributed by atoms with Gasteiger partial charge in [0, 0.05) is 12.4 Å². The van der Waals surface area contributed by atoms with E-state index in [1.807, 2.05) is 13.0 Å². The van der Waals surface area contributed by atoms with Gasteiger partial charge in [0.2, 0.25) is 0 Å². The van der Waals surface area contributed by atoms with Gasteiger partial charge in [0.25, 0.3) is 0 Å². The molecule has 0 spiro atoms. The molecule has 0 atom stereocenters. The zero-order valence-corrected chi connectivity index (χ0v) is 12.1. The Bertz CT molecular complexity index is 612. The SMILES string of the molecule is CCCc1c(C(=O)OC)nnn1Cc1ccncc1Cl. The standard InChI is InChI=1S/C13H15ClN4O2/c1-3-4-11-12(13(19)20-2)16-17-18(11)8-9-5-6-15-7-10(9)14/h5-7H,3-4,8H2,1-2H3. The van der Waals surface area contributed by atoms with Crippen molar-refractivity contribution in [2.45, 2.75) is 26.3 Å². The monoisotopic (exact) mass is 294 g/mol. The van der Waals surface area contributed by atoms with Crippen molar-refractivity contribution in [3.8, 4) is 0 Å². The highest BCUT2D eigenvalue weighted by molar-refractivity contribution is 6.31. The normalized spacial score (nSPS) is 10.6. The second-order valence-electron chi connectivity index (χ2n) is 4.25. The third kappa shape index (κ3) is 2.96. The number of ether oxygens (including phenoxy) is 1. The number of halogens is 1. The van der Waals surface area contributed by atoms with E-state index in [4.69, 9.17) is 16.3 Å². The quantitative estimate of drug-likeness (QED) is 0.790. The van der Waals surface area contributed by atoms with Crippen molar-refractivity contribution in [1.29, 1.82) is 0 Å². The molecule has 0 aliphatic carbocycles. The van der Waals surface area contributed by atoms with E-state index in [9.17, 15) is 4.79 Å². The van der Waals surface area contributed by atoms with E-state index in [2.05, 4.69) is 15.3 Å². The van der Waals surface area contributed by atoms with E-state index < -0.39 is 5.97 Å². The fourth-order valence-electron chi connectivity index (χ4n) is 1.89. The van der Waals surface area contributed by atoms with Crippen LogP contribution in [-0.2, 0) is 17.7 Å². The second kappa shape index (κ2) is 6.47. The predicted octanol–water partition coefficient (Wildman–Crippen LogP) is 2.11. The van der Waals surface area contributed by atoms with Gasteiger partial charge < -0.3 is 4.74 Å². The second-order valence-corrected chi connectivity index (χ2v) is 4.66. The van der Waals surface area contributed by atoms with Crippen LogP contribution in [-0.4, -0.2) is 33.1 Å². The van der Waals surface area contributed by atoms with Crippen LogP contribution in [0.1, 0.15) is 35.1 Å². The van der Waals surface area contributed by atoms with Crippen LogP contribution in [0.3, 0.4) is 0 Å². The first-order valence-corrected chi connectivity index (χ1v) is 6.64. The molecule has 0 radical (unpaired) electrons. The Labute approximate surface area is 121 Å². The summed E-state index contributed by atoms with van der Waals surface area (Å²) in [6, 6.07) is 1.82. The van der Waals surface area contributed by atoms with Gasteiger partial charge in [0.1, 0.15) is 0 Å². The van der Waals surface area contributed by atoms with E-state index in [1.165, 1.54) is 7.11 Å². The number of esters is 1. The Morgan fingerprint density at radius 1 is 1.50 bits per heavy atom. The van der Waals surface area contributed by atoms with Crippen molar-refractivity contribution in [2.24, 2.45) is 0 Å². The van der Waals surface area contributed by atoms with Crippen LogP contribution >= 0.6 is 11.6 Å². The van der Waals surface area contributed by atoms with E-state index in [0.29, 0.717) is 18.0 Å².